The standard InChI is InChI=1S/C32H31BrN4O2/c1-21-17-24(19-34-37-30(38)28-18-25(33)11-16-29(28)35-31(37)32(3,4)5)22(2)36(21)26-12-14-27(15-13-26)39-20-23-9-7-6-8-10-23/h6-19H,20H2,1-5H3. The fourth-order valence-electron chi connectivity index (χ4n) is 4.61. The van der Waals surface area contributed by atoms with Crippen molar-refractivity contribution in [3.63, 3.8) is 0 Å². The SMILES string of the molecule is Cc1cc(C=Nn2c(C(C)(C)C)nc3ccc(Br)cc3c2=O)c(C)n1-c1ccc(OCc2ccccc2)cc1. The van der Waals surface area contributed by atoms with Crippen molar-refractivity contribution in [3.8, 4) is 11.4 Å². The van der Waals surface area contributed by atoms with E-state index >= 15 is 0 Å². The van der Waals surface area contributed by atoms with E-state index < -0.39 is 0 Å². The first kappa shape index (κ1) is 26.6. The highest BCUT2D eigenvalue weighted by Gasteiger charge is 2.23. The monoisotopic (exact) mass is 582 g/mol. The summed E-state index contributed by atoms with van der Waals surface area (Å²) < 4.78 is 10.4. The fourth-order valence-corrected chi connectivity index (χ4v) is 4.97. The molecule has 198 valence electrons. The fraction of sp³-hybridized carbons (Fsp3) is 0.219. The van der Waals surface area contributed by atoms with Crippen molar-refractivity contribution in [2.75, 3.05) is 0 Å². The molecule has 0 unspecified atom stereocenters. The first-order valence-electron chi connectivity index (χ1n) is 12.8. The molecule has 0 aliphatic carbocycles. The molecule has 2 heterocycles. The van der Waals surface area contributed by atoms with E-state index in [0.717, 1.165) is 38.4 Å². The molecule has 0 atom stereocenters. The summed E-state index contributed by atoms with van der Waals surface area (Å²) in [5.74, 6) is 1.43. The molecule has 0 N–H and O–H groups in total. The molecule has 5 aromatic rings. The van der Waals surface area contributed by atoms with E-state index in [0.29, 0.717) is 23.3 Å². The number of aryl methyl sites for hydroxylation is 1. The molecule has 0 fully saturated rings. The minimum atomic E-state index is -0.376. The Morgan fingerprint density at radius 1 is 0.974 bits per heavy atom. The predicted molar refractivity (Wildman–Crippen MR) is 161 cm³/mol. The number of nitrogens with zero attached hydrogens (tertiary/aromatic N) is 4. The van der Waals surface area contributed by atoms with Crippen LogP contribution in [0, 0.1) is 13.8 Å². The van der Waals surface area contributed by atoms with Crippen LogP contribution < -0.4 is 10.3 Å². The molecule has 2 aromatic heterocycles. The van der Waals surface area contributed by atoms with Gasteiger partial charge in [-0.3, -0.25) is 4.79 Å². The second-order valence-corrected chi connectivity index (χ2v) is 11.6. The summed E-state index contributed by atoms with van der Waals surface area (Å²) in [7, 11) is 0. The molecule has 0 saturated carbocycles. The lowest BCUT2D eigenvalue weighted by molar-refractivity contribution is 0.306. The Morgan fingerprint density at radius 2 is 1.69 bits per heavy atom. The number of halogens is 1. The minimum absolute atomic E-state index is 0.192. The Balaban J connectivity index is 1.46. The largest absolute Gasteiger partial charge is 0.489 e. The van der Waals surface area contributed by atoms with Crippen LogP contribution in [0.4, 0.5) is 0 Å². The van der Waals surface area contributed by atoms with Crippen LogP contribution in [0.2, 0.25) is 0 Å². The smallest absolute Gasteiger partial charge is 0.282 e. The molecule has 0 radical (unpaired) electrons. The van der Waals surface area contributed by atoms with Crippen molar-refractivity contribution in [2.24, 2.45) is 5.10 Å². The lowest BCUT2D eigenvalue weighted by Crippen LogP contribution is -2.29. The van der Waals surface area contributed by atoms with Crippen LogP contribution in [-0.4, -0.2) is 20.4 Å². The summed E-state index contributed by atoms with van der Waals surface area (Å²) >= 11 is 3.47. The Bertz CT molecular complexity index is 1730. The second kappa shape index (κ2) is 10.7. The summed E-state index contributed by atoms with van der Waals surface area (Å²) in [6.45, 7) is 10.7. The molecule has 0 spiro atoms. The first-order valence-corrected chi connectivity index (χ1v) is 13.6. The van der Waals surface area contributed by atoms with Crippen molar-refractivity contribution < 1.29 is 4.74 Å². The van der Waals surface area contributed by atoms with Crippen LogP contribution in [0.25, 0.3) is 16.6 Å². The van der Waals surface area contributed by atoms with Crippen molar-refractivity contribution in [3.05, 3.63) is 122 Å². The van der Waals surface area contributed by atoms with Gasteiger partial charge in [0.2, 0.25) is 0 Å². The number of benzene rings is 3. The Morgan fingerprint density at radius 3 is 2.38 bits per heavy atom. The number of rotatable bonds is 6. The van der Waals surface area contributed by atoms with E-state index in [1.165, 1.54) is 4.68 Å². The molecule has 0 saturated heterocycles. The molecule has 0 aliphatic heterocycles. The lowest BCUT2D eigenvalue weighted by atomic mass is 9.95. The van der Waals surface area contributed by atoms with Crippen LogP contribution in [0.1, 0.15) is 49.1 Å². The Hall–Kier alpha value is -3.97. The van der Waals surface area contributed by atoms with Crippen LogP contribution in [-0.2, 0) is 12.0 Å². The summed E-state index contributed by atoms with van der Waals surface area (Å²) in [5.41, 5.74) is 5.27. The quantitative estimate of drug-likeness (QED) is 0.197. The molecule has 3 aromatic carbocycles. The summed E-state index contributed by atoms with van der Waals surface area (Å²) in [6, 6.07) is 25.8. The van der Waals surface area contributed by atoms with E-state index in [-0.39, 0.29) is 11.0 Å². The maximum absolute atomic E-state index is 13.5. The first-order chi connectivity index (χ1) is 18.6. The third-order valence-corrected chi connectivity index (χ3v) is 7.10. The van der Waals surface area contributed by atoms with Gasteiger partial charge in [-0.15, -0.1) is 0 Å². The number of hydrogen-bond donors (Lipinski definition) is 0. The third-order valence-electron chi connectivity index (χ3n) is 6.60. The van der Waals surface area contributed by atoms with Crippen LogP contribution >= 0.6 is 15.9 Å². The van der Waals surface area contributed by atoms with Gasteiger partial charge in [-0.25, -0.2) is 4.98 Å². The normalized spacial score (nSPS) is 11.9. The molecule has 0 amide bonds. The molecule has 0 aliphatic rings. The molecule has 5 rings (SSSR count). The van der Waals surface area contributed by atoms with Crippen molar-refractivity contribution >= 4 is 33.0 Å². The maximum Gasteiger partial charge on any atom is 0.282 e. The number of aromatic nitrogens is 3. The van der Waals surface area contributed by atoms with E-state index in [1.54, 1.807) is 12.3 Å². The second-order valence-electron chi connectivity index (χ2n) is 10.6. The van der Waals surface area contributed by atoms with E-state index in [2.05, 4.69) is 69.8 Å². The summed E-state index contributed by atoms with van der Waals surface area (Å²) in [4.78, 5) is 18.3. The van der Waals surface area contributed by atoms with E-state index in [4.69, 9.17) is 9.72 Å². The van der Waals surface area contributed by atoms with Gasteiger partial charge in [-0.1, -0.05) is 67.0 Å². The van der Waals surface area contributed by atoms with Gasteiger partial charge < -0.3 is 9.30 Å². The van der Waals surface area contributed by atoms with E-state index in [1.807, 2.05) is 63.2 Å². The summed E-state index contributed by atoms with van der Waals surface area (Å²) in [6.07, 6.45) is 1.75. The van der Waals surface area contributed by atoms with Gasteiger partial charge in [0, 0.05) is 32.5 Å². The Kier molecular flexibility index (Phi) is 7.28. The summed E-state index contributed by atoms with van der Waals surface area (Å²) in [5, 5.41) is 5.19. The Labute approximate surface area is 236 Å². The molecular weight excluding hydrogens is 552 g/mol. The van der Waals surface area contributed by atoms with E-state index in [9.17, 15) is 4.79 Å². The van der Waals surface area contributed by atoms with Crippen molar-refractivity contribution in [1.29, 1.82) is 0 Å². The van der Waals surface area contributed by atoms with Gasteiger partial charge in [0.05, 0.1) is 17.1 Å². The van der Waals surface area contributed by atoms with Crippen LogP contribution in [0.5, 0.6) is 5.75 Å². The predicted octanol–water partition coefficient (Wildman–Crippen LogP) is 7.33. The average molecular weight is 584 g/mol. The van der Waals surface area contributed by atoms with Gasteiger partial charge in [0.1, 0.15) is 18.2 Å². The molecular formula is C32H31BrN4O2. The number of ether oxygens (including phenoxy) is 1. The highest BCUT2D eigenvalue weighted by molar-refractivity contribution is 9.10. The third kappa shape index (κ3) is 5.59. The highest BCUT2D eigenvalue weighted by atomic mass is 79.9. The van der Waals surface area contributed by atoms with Crippen LogP contribution in [0.15, 0.2) is 93.2 Å². The van der Waals surface area contributed by atoms with Crippen molar-refractivity contribution in [1.82, 2.24) is 14.2 Å². The lowest BCUT2D eigenvalue weighted by Gasteiger charge is -2.20. The zero-order valence-corrected chi connectivity index (χ0v) is 24.4. The zero-order chi connectivity index (χ0) is 27.7. The van der Waals surface area contributed by atoms with Gasteiger partial charge in [-0.05, 0) is 67.9 Å². The number of fused-ring (bicyclic) bond motifs is 1. The zero-order valence-electron chi connectivity index (χ0n) is 22.8. The van der Waals surface area contributed by atoms with Gasteiger partial charge in [0.25, 0.3) is 5.56 Å². The number of hydrogen-bond acceptors (Lipinski definition) is 4. The molecule has 7 heteroatoms. The van der Waals surface area contributed by atoms with Gasteiger partial charge in [0.15, 0.2) is 0 Å². The highest BCUT2D eigenvalue weighted by Crippen LogP contribution is 2.25. The maximum atomic E-state index is 13.5. The van der Waals surface area contributed by atoms with Gasteiger partial charge >= 0.3 is 0 Å². The average Bonchev–Trinajstić information content (AvgIpc) is 3.20. The van der Waals surface area contributed by atoms with Crippen LogP contribution in [0.3, 0.4) is 0 Å². The minimum Gasteiger partial charge on any atom is -0.489 e. The topological polar surface area (TPSA) is 61.4 Å². The van der Waals surface area contributed by atoms with Gasteiger partial charge in [-0.2, -0.15) is 9.78 Å². The molecule has 39 heavy (non-hydrogen) atoms. The molecule has 0 bridgehead atoms. The molecule has 6 nitrogen and oxygen atoms in total. The van der Waals surface area contributed by atoms with Crippen molar-refractivity contribution in [2.45, 2.75) is 46.6 Å².